The molecule has 1 atom stereocenters. The van der Waals surface area contributed by atoms with Crippen LogP contribution in [0.3, 0.4) is 0 Å². The van der Waals surface area contributed by atoms with Crippen LogP contribution in [0.2, 0.25) is 0 Å². The fourth-order valence-electron chi connectivity index (χ4n) is 10.2. The van der Waals surface area contributed by atoms with Crippen LogP contribution in [-0.4, -0.2) is 0 Å². The number of hydrogen-bond acceptors (Lipinski definition) is 0. The minimum atomic E-state index is 0.114. The lowest BCUT2D eigenvalue weighted by Crippen LogP contribution is -2.04. The van der Waals surface area contributed by atoms with Crippen molar-refractivity contribution in [2.45, 2.75) is 53.4 Å². The van der Waals surface area contributed by atoms with E-state index in [1.165, 1.54) is 98.8 Å². The van der Waals surface area contributed by atoms with Crippen LogP contribution in [0.25, 0.3) is 72.0 Å². The molecule has 0 fully saturated rings. The molecule has 1 unspecified atom stereocenters. The predicted molar refractivity (Wildman–Crippen MR) is 301 cm³/mol. The Labute approximate surface area is 404 Å². The molecule has 8 aromatic rings. The van der Waals surface area contributed by atoms with E-state index in [-0.39, 0.29) is 5.92 Å². The Kier molecular flexibility index (Phi) is 13.3. The van der Waals surface area contributed by atoms with Gasteiger partial charge in [-0.05, 0) is 185 Å². The second-order valence-electron chi connectivity index (χ2n) is 18.2. The van der Waals surface area contributed by atoms with Gasteiger partial charge in [-0.15, -0.1) is 0 Å². The highest BCUT2D eigenvalue weighted by molar-refractivity contribution is 6.13. The first-order valence-electron chi connectivity index (χ1n) is 24.0. The van der Waals surface area contributed by atoms with Gasteiger partial charge in [-0.2, -0.15) is 0 Å². The summed E-state index contributed by atoms with van der Waals surface area (Å²) in [7, 11) is 0. The van der Waals surface area contributed by atoms with Crippen molar-refractivity contribution in [1.29, 1.82) is 0 Å². The summed E-state index contributed by atoms with van der Waals surface area (Å²) in [6.07, 6.45) is 23.8. The first-order valence-corrected chi connectivity index (χ1v) is 24.0. The molecule has 1 aliphatic rings. The van der Waals surface area contributed by atoms with Crippen LogP contribution < -0.4 is 0 Å². The second-order valence-corrected chi connectivity index (χ2v) is 18.2. The molecule has 1 aliphatic carbocycles. The zero-order valence-electron chi connectivity index (χ0n) is 40.2. The van der Waals surface area contributed by atoms with E-state index in [0.717, 1.165) is 40.7 Å². The summed E-state index contributed by atoms with van der Waals surface area (Å²) in [5.41, 5.74) is 18.0. The molecular weight excluding hydrogens is 817 g/mol. The van der Waals surface area contributed by atoms with Crippen molar-refractivity contribution in [2.24, 2.45) is 0 Å². The van der Waals surface area contributed by atoms with Crippen LogP contribution >= 0.6 is 0 Å². The monoisotopic (exact) mass is 876 g/mol. The lowest BCUT2D eigenvalue weighted by atomic mass is 9.81. The first-order chi connectivity index (χ1) is 33.1. The summed E-state index contributed by atoms with van der Waals surface area (Å²) >= 11 is 0. The van der Waals surface area contributed by atoms with E-state index in [0.29, 0.717) is 0 Å². The summed E-state index contributed by atoms with van der Waals surface area (Å²) < 4.78 is 0. The maximum atomic E-state index is 4.83. The molecule has 0 spiro atoms. The number of fused-ring (bicyclic) bond motifs is 6. The van der Waals surface area contributed by atoms with Gasteiger partial charge >= 0.3 is 0 Å². The summed E-state index contributed by atoms with van der Waals surface area (Å²) in [6, 6.07) is 53.0. The van der Waals surface area contributed by atoms with E-state index in [2.05, 4.69) is 235 Å². The van der Waals surface area contributed by atoms with Gasteiger partial charge in [0.25, 0.3) is 0 Å². The van der Waals surface area contributed by atoms with Crippen molar-refractivity contribution in [2.75, 3.05) is 0 Å². The van der Waals surface area contributed by atoms with Gasteiger partial charge in [0.1, 0.15) is 0 Å². The Morgan fingerprint density at radius 1 is 0.559 bits per heavy atom. The zero-order valence-corrected chi connectivity index (χ0v) is 40.2. The number of allylic oxidation sites excluding steroid dienone is 15. The van der Waals surface area contributed by atoms with Crippen LogP contribution in [0.5, 0.6) is 0 Å². The highest BCUT2D eigenvalue weighted by Crippen LogP contribution is 2.42. The third kappa shape index (κ3) is 9.03. The van der Waals surface area contributed by atoms with E-state index >= 15 is 0 Å². The smallest absolute Gasteiger partial charge is 0.000524 e. The van der Waals surface area contributed by atoms with Crippen molar-refractivity contribution in [3.8, 4) is 0 Å². The van der Waals surface area contributed by atoms with Crippen molar-refractivity contribution in [3.63, 3.8) is 0 Å². The average Bonchev–Trinajstić information content (AvgIpc) is 3.38. The van der Waals surface area contributed by atoms with E-state index in [4.69, 9.17) is 6.58 Å². The molecule has 0 saturated heterocycles. The van der Waals surface area contributed by atoms with Gasteiger partial charge in [-0.1, -0.05) is 215 Å². The molecule has 8 aromatic carbocycles. The number of benzene rings is 8. The van der Waals surface area contributed by atoms with E-state index in [1.54, 1.807) is 0 Å². The molecule has 0 heterocycles. The van der Waals surface area contributed by atoms with Crippen LogP contribution in [0.15, 0.2) is 236 Å². The SMILES string of the molecule is C=Cc1ccccc1/C=C(C)/C(=C/C(C)c1cc2ccccc2c2ccccc12)c1ccc(/C(=C\C(=C)c2cc3ccccc3c3ccccc23)C2=CC=C(C(=C)/C=C\C=C/C)CC2)c(C)c1C. The van der Waals surface area contributed by atoms with Crippen molar-refractivity contribution < 1.29 is 0 Å². The Bertz CT molecular complexity index is 3540. The van der Waals surface area contributed by atoms with Crippen molar-refractivity contribution in [3.05, 3.63) is 281 Å². The summed E-state index contributed by atoms with van der Waals surface area (Å²) in [5.74, 6) is 0.114. The molecule has 0 heteroatoms. The normalized spacial score (nSPS) is 14.3. The van der Waals surface area contributed by atoms with Gasteiger partial charge in [0, 0.05) is 5.92 Å². The fraction of sp³-hybridized carbons (Fsp3) is 0.118. The Morgan fingerprint density at radius 2 is 1.10 bits per heavy atom. The molecule has 0 nitrogen and oxygen atoms in total. The highest BCUT2D eigenvalue weighted by atomic mass is 14.3. The molecule has 9 rings (SSSR count). The average molecular weight is 877 g/mol. The largest absolute Gasteiger partial charge is 0.0984 e. The zero-order chi connectivity index (χ0) is 47.3. The molecule has 0 amide bonds. The van der Waals surface area contributed by atoms with Crippen LogP contribution in [0.4, 0.5) is 0 Å². The molecule has 332 valence electrons. The van der Waals surface area contributed by atoms with Gasteiger partial charge in [0.05, 0.1) is 0 Å². The molecule has 0 bridgehead atoms. The number of rotatable bonds is 13. The van der Waals surface area contributed by atoms with Gasteiger partial charge in [-0.3, -0.25) is 0 Å². The standard InChI is InChI=1S/C68H60/c1-9-11-12-23-45(3)52-34-36-53(37-35-52)68(42-48(6)67-44-56-27-16-18-29-60(56)62-31-20-22-33-64(62)67)58-39-38-57(49(7)50(58)8)65(46(4)40-54-25-14-13-24-51(54)10-2)41-47(5)66-43-55-26-15-17-28-59(55)61-30-19-21-32-63(61)66/h9-34,36,38-44,47H,2-3,6,35,37H2,1,4-5,7-8H3/b11-9-,23-12-,46-40+,65-41-,68-42-. The van der Waals surface area contributed by atoms with Crippen LogP contribution in [0, 0.1) is 13.8 Å². The van der Waals surface area contributed by atoms with E-state index in [1.807, 2.05) is 19.1 Å². The van der Waals surface area contributed by atoms with Crippen LogP contribution in [-0.2, 0) is 0 Å². The minimum Gasteiger partial charge on any atom is -0.0984 e. The third-order valence-electron chi connectivity index (χ3n) is 14.0. The molecule has 0 aliphatic heterocycles. The molecule has 0 saturated carbocycles. The highest BCUT2D eigenvalue weighted by Gasteiger charge is 2.21. The first kappa shape index (κ1) is 45.4. The quantitative estimate of drug-likeness (QED) is 0.0800. The lowest BCUT2D eigenvalue weighted by molar-refractivity contribution is 0.946. The molecule has 0 radical (unpaired) electrons. The predicted octanol–water partition coefficient (Wildman–Crippen LogP) is 19.3. The topological polar surface area (TPSA) is 0 Å². The van der Waals surface area contributed by atoms with Crippen LogP contribution in [0.1, 0.15) is 84.0 Å². The molecule has 0 N–H and O–H groups in total. The fourth-order valence-corrected chi connectivity index (χ4v) is 10.2. The maximum absolute atomic E-state index is 4.83. The van der Waals surface area contributed by atoms with Gasteiger partial charge in [0.15, 0.2) is 0 Å². The Balaban J connectivity index is 1.21. The Hall–Kier alpha value is -7.80. The lowest BCUT2D eigenvalue weighted by Gasteiger charge is -2.23. The molecule has 0 aromatic heterocycles. The van der Waals surface area contributed by atoms with E-state index < -0.39 is 0 Å². The van der Waals surface area contributed by atoms with Gasteiger partial charge < -0.3 is 0 Å². The Morgan fingerprint density at radius 3 is 1.76 bits per heavy atom. The van der Waals surface area contributed by atoms with Crippen molar-refractivity contribution in [1.82, 2.24) is 0 Å². The van der Waals surface area contributed by atoms with Gasteiger partial charge in [0.2, 0.25) is 0 Å². The van der Waals surface area contributed by atoms with E-state index in [9.17, 15) is 0 Å². The molecule has 68 heavy (non-hydrogen) atoms. The summed E-state index contributed by atoms with van der Waals surface area (Å²) in [4.78, 5) is 0. The summed E-state index contributed by atoms with van der Waals surface area (Å²) in [6.45, 7) is 24.7. The second kappa shape index (κ2) is 20.0. The van der Waals surface area contributed by atoms with Crippen molar-refractivity contribution >= 4 is 72.0 Å². The van der Waals surface area contributed by atoms with Gasteiger partial charge in [-0.25, -0.2) is 0 Å². The maximum Gasteiger partial charge on any atom is 0.000524 e. The molecular formula is C68H60. The minimum absolute atomic E-state index is 0.114. The third-order valence-corrected chi connectivity index (χ3v) is 14.0. The number of hydrogen-bond donors (Lipinski definition) is 0. The summed E-state index contributed by atoms with van der Waals surface area (Å²) in [5, 5.41) is 10.1.